The van der Waals surface area contributed by atoms with Crippen LogP contribution in [-0.4, -0.2) is 32.1 Å². The van der Waals surface area contributed by atoms with Crippen molar-refractivity contribution in [1.29, 1.82) is 0 Å². The molecule has 1 unspecified atom stereocenters. The van der Waals surface area contributed by atoms with Gasteiger partial charge in [-0.3, -0.25) is 0 Å². The predicted octanol–water partition coefficient (Wildman–Crippen LogP) is 0.941. The van der Waals surface area contributed by atoms with Crippen LogP contribution >= 0.6 is 0 Å². The quantitative estimate of drug-likeness (QED) is 0.839. The first-order valence-corrected chi connectivity index (χ1v) is 6.49. The number of anilines is 1. The third-order valence-corrected chi connectivity index (χ3v) is 3.54. The Morgan fingerprint density at radius 2 is 2.33 bits per heavy atom. The highest BCUT2D eigenvalue weighted by molar-refractivity contribution is 5.80. The van der Waals surface area contributed by atoms with Crippen LogP contribution in [0.4, 0.5) is 5.82 Å². The minimum absolute atomic E-state index is 0.455. The molecule has 0 radical (unpaired) electrons. The van der Waals surface area contributed by atoms with E-state index in [0.717, 1.165) is 18.6 Å². The second-order valence-corrected chi connectivity index (χ2v) is 4.80. The molecule has 0 saturated carbocycles. The lowest BCUT2D eigenvalue weighted by molar-refractivity contribution is 0.505. The van der Waals surface area contributed by atoms with Gasteiger partial charge in [0.15, 0.2) is 11.5 Å². The summed E-state index contributed by atoms with van der Waals surface area (Å²) in [6.45, 7) is 2.10. The molecule has 6 heteroatoms. The van der Waals surface area contributed by atoms with Crippen LogP contribution in [0.15, 0.2) is 12.7 Å². The third kappa shape index (κ3) is 2.15. The first kappa shape index (κ1) is 11.4. The Labute approximate surface area is 106 Å². The summed E-state index contributed by atoms with van der Waals surface area (Å²) >= 11 is 0. The summed E-state index contributed by atoms with van der Waals surface area (Å²) in [7, 11) is 0. The average molecular weight is 246 g/mol. The van der Waals surface area contributed by atoms with E-state index in [2.05, 4.69) is 24.8 Å². The van der Waals surface area contributed by atoms with Gasteiger partial charge in [-0.05, 0) is 32.2 Å². The number of nitrogens with zero attached hydrogens (tertiary/aromatic N) is 4. The fourth-order valence-corrected chi connectivity index (χ4v) is 2.57. The van der Waals surface area contributed by atoms with Crippen molar-refractivity contribution in [2.24, 2.45) is 0 Å². The molecule has 1 aliphatic rings. The Morgan fingerprint density at radius 1 is 1.39 bits per heavy atom. The monoisotopic (exact) mass is 246 g/mol. The number of hydrogen-bond acceptors (Lipinski definition) is 5. The maximum absolute atomic E-state index is 5.76. The van der Waals surface area contributed by atoms with E-state index in [1.54, 1.807) is 6.33 Å². The van der Waals surface area contributed by atoms with Crippen LogP contribution in [0.25, 0.3) is 11.2 Å². The lowest BCUT2D eigenvalue weighted by Gasteiger charge is -2.09. The molecule has 0 aliphatic carbocycles. The maximum atomic E-state index is 5.76. The number of imidazole rings is 1. The number of nitrogens with one attached hydrogen (secondary N) is 1. The maximum Gasteiger partial charge on any atom is 0.165 e. The second-order valence-electron chi connectivity index (χ2n) is 4.80. The van der Waals surface area contributed by atoms with Gasteiger partial charge in [-0.2, -0.15) is 0 Å². The van der Waals surface area contributed by atoms with E-state index < -0.39 is 0 Å². The Kier molecular flexibility index (Phi) is 3.10. The molecule has 1 fully saturated rings. The minimum atomic E-state index is 0.455. The summed E-state index contributed by atoms with van der Waals surface area (Å²) in [6, 6.07) is 0.694. The zero-order valence-electron chi connectivity index (χ0n) is 10.3. The highest BCUT2D eigenvalue weighted by Gasteiger charge is 2.13. The van der Waals surface area contributed by atoms with Gasteiger partial charge in [0.2, 0.25) is 0 Å². The summed E-state index contributed by atoms with van der Waals surface area (Å²) < 4.78 is 2.06. The lowest BCUT2D eigenvalue weighted by atomic mass is 10.1. The summed E-state index contributed by atoms with van der Waals surface area (Å²) in [4.78, 5) is 12.5. The molecule has 0 amide bonds. The van der Waals surface area contributed by atoms with Gasteiger partial charge in [0.1, 0.15) is 11.8 Å². The standard InChI is InChI=1S/C12H18N6/c13-11-10-12(16-7-15-11)18(8-17-10)6-2-4-9-3-1-5-14-9/h7-9,14H,1-6H2,(H2,13,15,16). The summed E-state index contributed by atoms with van der Waals surface area (Å²) in [5, 5.41) is 3.51. The van der Waals surface area contributed by atoms with Crippen LogP contribution in [0, 0.1) is 0 Å². The highest BCUT2D eigenvalue weighted by atomic mass is 15.1. The van der Waals surface area contributed by atoms with Gasteiger partial charge in [0.05, 0.1) is 6.33 Å². The molecule has 3 N–H and O–H groups in total. The summed E-state index contributed by atoms with van der Waals surface area (Å²) in [6.07, 6.45) is 8.25. The van der Waals surface area contributed by atoms with Gasteiger partial charge in [-0.25, -0.2) is 15.0 Å². The molecule has 1 saturated heterocycles. The molecule has 2 aromatic rings. The molecule has 1 atom stereocenters. The predicted molar refractivity (Wildman–Crippen MR) is 70.0 cm³/mol. The molecule has 0 spiro atoms. The molecule has 6 nitrogen and oxygen atoms in total. The Hall–Kier alpha value is -1.69. The van der Waals surface area contributed by atoms with E-state index in [1.165, 1.54) is 32.1 Å². The molecule has 3 rings (SSSR count). The van der Waals surface area contributed by atoms with Crippen LogP contribution in [-0.2, 0) is 6.54 Å². The molecular formula is C12H18N6. The topological polar surface area (TPSA) is 81.7 Å². The first-order chi connectivity index (χ1) is 8.84. The number of aromatic nitrogens is 4. The van der Waals surface area contributed by atoms with E-state index in [1.807, 2.05) is 0 Å². The Balaban J connectivity index is 1.65. The lowest BCUT2D eigenvalue weighted by Crippen LogP contribution is -2.21. The van der Waals surface area contributed by atoms with Crippen LogP contribution in [0.3, 0.4) is 0 Å². The van der Waals surface area contributed by atoms with Crippen molar-refractivity contribution >= 4 is 17.0 Å². The zero-order chi connectivity index (χ0) is 12.4. The number of nitrogen functional groups attached to an aromatic ring is 1. The molecular weight excluding hydrogens is 228 g/mol. The van der Waals surface area contributed by atoms with Crippen LogP contribution in [0.2, 0.25) is 0 Å². The smallest absolute Gasteiger partial charge is 0.165 e. The van der Waals surface area contributed by atoms with Gasteiger partial charge in [-0.1, -0.05) is 0 Å². The van der Waals surface area contributed by atoms with E-state index >= 15 is 0 Å². The van der Waals surface area contributed by atoms with Crippen LogP contribution in [0.1, 0.15) is 25.7 Å². The number of fused-ring (bicyclic) bond motifs is 1. The third-order valence-electron chi connectivity index (χ3n) is 3.54. The van der Waals surface area contributed by atoms with Gasteiger partial charge >= 0.3 is 0 Å². The van der Waals surface area contributed by atoms with E-state index in [4.69, 9.17) is 5.73 Å². The summed E-state index contributed by atoms with van der Waals surface area (Å²) in [5.74, 6) is 0.455. The minimum Gasteiger partial charge on any atom is -0.382 e. The average Bonchev–Trinajstić information content (AvgIpc) is 3.00. The van der Waals surface area contributed by atoms with Gasteiger partial charge in [0.25, 0.3) is 0 Å². The Morgan fingerprint density at radius 3 is 3.17 bits per heavy atom. The molecule has 2 aromatic heterocycles. The Bertz CT molecular complexity index is 528. The van der Waals surface area contributed by atoms with E-state index in [9.17, 15) is 0 Å². The van der Waals surface area contributed by atoms with Crippen molar-refractivity contribution in [1.82, 2.24) is 24.8 Å². The van der Waals surface area contributed by atoms with Crippen molar-refractivity contribution in [2.75, 3.05) is 12.3 Å². The highest BCUT2D eigenvalue weighted by Crippen LogP contribution is 2.16. The molecule has 0 bridgehead atoms. The van der Waals surface area contributed by atoms with Crippen LogP contribution in [0.5, 0.6) is 0 Å². The van der Waals surface area contributed by atoms with Crippen molar-refractivity contribution in [3.63, 3.8) is 0 Å². The van der Waals surface area contributed by atoms with Crippen LogP contribution < -0.4 is 11.1 Å². The van der Waals surface area contributed by atoms with Crippen molar-refractivity contribution in [2.45, 2.75) is 38.3 Å². The fourth-order valence-electron chi connectivity index (χ4n) is 2.57. The van der Waals surface area contributed by atoms with Crippen molar-refractivity contribution in [3.8, 4) is 0 Å². The normalized spacial score (nSPS) is 19.7. The molecule has 3 heterocycles. The zero-order valence-corrected chi connectivity index (χ0v) is 10.3. The fraction of sp³-hybridized carbons (Fsp3) is 0.583. The summed E-state index contributed by atoms with van der Waals surface area (Å²) in [5.41, 5.74) is 7.30. The van der Waals surface area contributed by atoms with Gasteiger partial charge in [0, 0.05) is 12.6 Å². The number of hydrogen-bond donors (Lipinski definition) is 2. The van der Waals surface area contributed by atoms with Gasteiger partial charge in [-0.15, -0.1) is 0 Å². The largest absolute Gasteiger partial charge is 0.382 e. The van der Waals surface area contributed by atoms with E-state index in [-0.39, 0.29) is 0 Å². The number of aryl methyl sites for hydroxylation is 1. The number of rotatable bonds is 4. The van der Waals surface area contributed by atoms with E-state index in [0.29, 0.717) is 17.4 Å². The first-order valence-electron chi connectivity index (χ1n) is 6.49. The molecule has 96 valence electrons. The second kappa shape index (κ2) is 4.89. The molecule has 18 heavy (non-hydrogen) atoms. The van der Waals surface area contributed by atoms with Gasteiger partial charge < -0.3 is 15.6 Å². The number of nitrogens with two attached hydrogens (primary N) is 1. The SMILES string of the molecule is Nc1ncnc2c1ncn2CCCC1CCCN1. The van der Waals surface area contributed by atoms with Crippen molar-refractivity contribution < 1.29 is 0 Å². The van der Waals surface area contributed by atoms with Crippen molar-refractivity contribution in [3.05, 3.63) is 12.7 Å². The molecule has 0 aromatic carbocycles. The molecule has 1 aliphatic heterocycles.